The second kappa shape index (κ2) is 5.07. The Hall–Kier alpha value is -1.76. The molecule has 72 valence electrons. The normalized spacial score (nSPS) is 10.8. The van der Waals surface area contributed by atoms with Gasteiger partial charge in [0.1, 0.15) is 0 Å². The van der Waals surface area contributed by atoms with Crippen LogP contribution in [0.1, 0.15) is 5.56 Å². The maximum Gasteiger partial charge on any atom is 0.0386 e. The summed E-state index contributed by atoms with van der Waals surface area (Å²) in [7, 11) is 0. The fourth-order valence-corrected chi connectivity index (χ4v) is 1.18. The summed E-state index contributed by atoms with van der Waals surface area (Å²) in [6.45, 7) is 9.43. The summed E-state index contributed by atoms with van der Waals surface area (Å²) in [5, 5.41) is 3.24. The van der Waals surface area contributed by atoms with Crippen molar-refractivity contribution < 1.29 is 0 Å². The highest BCUT2D eigenvalue weighted by Crippen LogP contribution is 2.12. The topological polar surface area (TPSA) is 12.0 Å². The van der Waals surface area contributed by atoms with Gasteiger partial charge in [0, 0.05) is 11.4 Å². The summed E-state index contributed by atoms with van der Waals surface area (Å²) in [5.41, 5.74) is 3.25. The van der Waals surface area contributed by atoms with E-state index in [9.17, 15) is 0 Å². The van der Waals surface area contributed by atoms with E-state index in [1.165, 1.54) is 5.56 Å². The number of aryl methyl sites for hydroxylation is 1. The average Bonchev–Trinajstić information content (AvgIpc) is 2.17. The van der Waals surface area contributed by atoms with Gasteiger partial charge in [-0.1, -0.05) is 31.4 Å². The fraction of sp³-hybridized carbons (Fsp3) is 0.0769. The number of benzene rings is 1. The smallest absolute Gasteiger partial charge is 0.0386 e. The van der Waals surface area contributed by atoms with E-state index in [1.807, 2.05) is 18.2 Å². The lowest BCUT2D eigenvalue weighted by atomic mass is 10.2. The molecule has 1 N–H and O–H groups in total. The van der Waals surface area contributed by atoms with Crippen molar-refractivity contribution in [1.29, 1.82) is 0 Å². The molecule has 0 saturated heterocycles. The zero-order chi connectivity index (χ0) is 10.4. The monoisotopic (exact) mass is 185 g/mol. The third-order valence-electron chi connectivity index (χ3n) is 1.82. The van der Waals surface area contributed by atoms with Crippen LogP contribution in [-0.4, -0.2) is 0 Å². The van der Waals surface area contributed by atoms with Gasteiger partial charge in [0.25, 0.3) is 0 Å². The molecule has 0 atom stereocenters. The van der Waals surface area contributed by atoms with E-state index in [0.29, 0.717) is 0 Å². The molecule has 0 bridgehead atoms. The zero-order valence-corrected chi connectivity index (χ0v) is 8.46. The van der Waals surface area contributed by atoms with Crippen LogP contribution in [-0.2, 0) is 0 Å². The molecule has 1 nitrogen and oxygen atoms in total. The molecule has 0 aromatic heterocycles. The van der Waals surface area contributed by atoms with Gasteiger partial charge in [-0.25, -0.2) is 0 Å². The second-order valence-corrected chi connectivity index (χ2v) is 3.06. The molecule has 0 radical (unpaired) electrons. The Labute approximate surface area is 85.5 Å². The van der Waals surface area contributed by atoms with Crippen LogP contribution in [0.25, 0.3) is 0 Å². The van der Waals surface area contributed by atoms with Gasteiger partial charge >= 0.3 is 0 Å². The summed E-state index contributed by atoms with van der Waals surface area (Å²) in [4.78, 5) is 0. The summed E-state index contributed by atoms with van der Waals surface area (Å²) in [5.74, 6) is 0. The van der Waals surface area contributed by atoms with Gasteiger partial charge in [0.05, 0.1) is 0 Å². The molecule has 0 spiro atoms. The van der Waals surface area contributed by atoms with Gasteiger partial charge in [0.15, 0.2) is 0 Å². The SMILES string of the molecule is C=C/C=C(\C=C)Nc1cccc(C)c1. The molecule has 0 unspecified atom stereocenters. The molecule has 0 aliphatic heterocycles. The van der Waals surface area contributed by atoms with Crippen LogP contribution in [0.15, 0.2) is 61.3 Å². The molecule has 0 aliphatic carbocycles. The molecule has 0 heterocycles. The number of allylic oxidation sites excluding steroid dienone is 3. The molecule has 1 aromatic rings. The zero-order valence-electron chi connectivity index (χ0n) is 8.46. The highest BCUT2D eigenvalue weighted by molar-refractivity contribution is 5.52. The van der Waals surface area contributed by atoms with Crippen LogP contribution < -0.4 is 5.32 Å². The van der Waals surface area contributed by atoms with Crippen molar-refractivity contribution >= 4 is 5.69 Å². The Balaban J connectivity index is 2.82. The van der Waals surface area contributed by atoms with Gasteiger partial charge in [-0.2, -0.15) is 0 Å². The molecule has 14 heavy (non-hydrogen) atoms. The first-order valence-electron chi connectivity index (χ1n) is 4.55. The molecular formula is C13H15N. The van der Waals surface area contributed by atoms with Gasteiger partial charge in [-0.05, 0) is 36.8 Å². The predicted molar refractivity (Wildman–Crippen MR) is 63.3 cm³/mol. The molecule has 0 saturated carbocycles. The van der Waals surface area contributed by atoms with Crippen LogP contribution in [0.2, 0.25) is 0 Å². The van der Waals surface area contributed by atoms with Crippen LogP contribution in [0.5, 0.6) is 0 Å². The maximum absolute atomic E-state index is 3.72. The van der Waals surface area contributed by atoms with E-state index in [-0.39, 0.29) is 0 Å². The Morgan fingerprint density at radius 3 is 2.71 bits per heavy atom. The fourth-order valence-electron chi connectivity index (χ4n) is 1.18. The van der Waals surface area contributed by atoms with E-state index >= 15 is 0 Å². The first-order chi connectivity index (χ1) is 6.76. The molecule has 1 rings (SSSR count). The number of anilines is 1. The molecule has 0 fully saturated rings. The summed E-state index contributed by atoms with van der Waals surface area (Å²) >= 11 is 0. The highest BCUT2D eigenvalue weighted by Gasteiger charge is 1.92. The van der Waals surface area contributed by atoms with Gasteiger partial charge < -0.3 is 5.32 Å². The summed E-state index contributed by atoms with van der Waals surface area (Å²) in [6, 6.07) is 8.19. The first kappa shape index (κ1) is 10.3. The van der Waals surface area contributed by atoms with Crippen LogP contribution in [0, 0.1) is 6.92 Å². The molecule has 1 aromatic carbocycles. The van der Waals surface area contributed by atoms with E-state index in [0.717, 1.165) is 11.4 Å². The first-order valence-corrected chi connectivity index (χ1v) is 4.55. The van der Waals surface area contributed by atoms with E-state index in [2.05, 4.69) is 37.5 Å². The summed E-state index contributed by atoms with van der Waals surface area (Å²) < 4.78 is 0. The second-order valence-electron chi connectivity index (χ2n) is 3.06. The van der Waals surface area contributed by atoms with Crippen LogP contribution >= 0.6 is 0 Å². The molecule has 0 amide bonds. The quantitative estimate of drug-likeness (QED) is 0.706. The van der Waals surface area contributed by atoms with Gasteiger partial charge in [-0.3, -0.25) is 0 Å². The van der Waals surface area contributed by atoms with Crippen molar-refractivity contribution in [3.8, 4) is 0 Å². The van der Waals surface area contributed by atoms with Gasteiger partial charge in [0.2, 0.25) is 0 Å². The summed E-state index contributed by atoms with van der Waals surface area (Å²) in [6.07, 6.45) is 5.39. The lowest BCUT2D eigenvalue weighted by Gasteiger charge is -2.06. The van der Waals surface area contributed by atoms with Crippen LogP contribution in [0.4, 0.5) is 5.69 Å². The van der Waals surface area contributed by atoms with Crippen molar-refractivity contribution in [3.63, 3.8) is 0 Å². The number of rotatable bonds is 4. The molecule has 1 heteroatoms. The minimum atomic E-state index is 0.950. The van der Waals surface area contributed by atoms with Crippen LogP contribution in [0.3, 0.4) is 0 Å². The number of hydrogen-bond donors (Lipinski definition) is 1. The third-order valence-corrected chi connectivity index (χ3v) is 1.82. The van der Waals surface area contributed by atoms with E-state index in [4.69, 9.17) is 0 Å². The standard InChI is InChI=1S/C13H15N/c1-4-7-12(5-2)14-13-9-6-8-11(3)10-13/h4-10,14H,1-2H2,3H3/b12-7+. The molecule has 0 aliphatic rings. The van der Waals surface area contributed by atoms with Crippen molar-refractivity contribution in [3.05, 3.63) is 66.9 Å². The van der Waals surface area contributed by atoms with E-state index < -0.39 is 0 Å². The van der Waals surface area contributed by atoms with Crippen molar-refractivity contribution in [2.24, 2.45) is 0 Å². The Morgan fingerprint density at radius 2 is 2.14 bits per heavy atom. The van der Waals surface area contributed by atoms with Crippen molar-refractivity contribution in [1.82, 2.24) is 0 Å². The number of nitrogens with one attached hydrogen (secondary N) is 1. The Morgan fingerprint density at radius 1 is 1.36 bits per heavy atom. The average molecular weight is 185 g/mol. The minimum Gasteiger partial charge on any atom is -0.356 e. The predicted octanol–water partition coefficient (Wildman–Crippen LogP) is 3.66. The van der Waals surface area contributed by atoms with Crippen molar-refractivity contribution in [2.75, 3.05) is 5.32 Å². The largest absolute Gasteiger partial charge is 0.356 e. The third kappa shape index (κ3) is 2.94. The highest BCUT2D eigenvalue weighted by atomic mass is 14.9. The maximum atomic E-state index is 3.72. The lowest BCUT2D eigenvalue weighted by molar-refractivity contribution is 1.42. The van der Waals surface area contributed by atoms with E-state index in [1.54, 1.807) is 12.2 Å². The Bertz CT molecular complexity index is 361. The molecular weight excluding hydrogens is 170 g/mol. The lowest BCUT2D eigenvalue weighted by Crippen LogP contribution is -1.95. The minimum absolute atomic E-state index is 0.950. The van der Waals surface area contributed by atoms with Gasteiger partial charge in [-0.15, -0.1) is 0 Å². The van der Waals surface area contributed by atoms with Crippen molar-refractivity contribution in [2.45, 2.75) is 6.92 Å². The number of hydrogen-bond acceptors (Lipinski definition) is 1. The Kier molecular flexibility index (Phi) is 3.74.